The summed E-state index contributed by atoms with van der Waals surface area (Å²) in [5.74, 6) is -0.320. The second kappa shape index (κ2) is 5.62. The maximum absolute atomic E-state index is 10.8. The highest BCUT2D eigenvalue weighted by atomic mass is 16.4. The molecule has 0 amide bonds. The summed E-state index contributed by atoms with van der Waals surface area (Å²) < 4.78 is 0. The zero-order valence-corrected chi connectivity index (χ0v) is 10.8. The van der Waals surface area contributed by atoms with Crippen LogP contribution < -0.4 is 0 Å². The van der Waals surface area contributed by atoms with Crippen molar-refractivity contribution in [2.75, 3.05) is 0 Å². The van der Waals surface area contributed by atoms with Gasteiger partial charge in [0.1, 0.15) is 0 Å². The van der Waals surface area contributed by atoms with Gasteiger partial charge in [0, 0.05) is 5.71 Å². The van der Waals surface area contributed by atoms with E-state index in [1.807, 2.05) is 13.8 Å². The van der Waals surface area contributed by atoms with Gasteiger partial charge >= 0.3 is 5.97 Å². The number of aryl methyl sites for hydroxylation is 1. The van der Waals surface area contributed by atoms with Crippen LogP contribution in [0, 0.1) is 12.8 Å². The lowest BCUT2D eigenvalue weighted by molar-refractivity contribution is 0.0697. The van der Waals surface area contributed by atoms with E-state index < -0.39 is 5.97 Å². The number of carboxylic acids is 1. The Balaban J connectivity index is 2.97. The van der Waals surface area contributed by atoms with Gasteiger partial charge in [0.25, 0.3) is 0 Å². The summed E-state index contributed by atoms with van der Waals surface area (Å²) in [5, 5.41) is 8.87. The van der Waals surface area contributed by atoms with E-state index in [0.29, 0.717) is 11.5 Å². The summed E-state index contributed by atoms with van der Waals surface area (Å²) >= 11 is 0. The Morgan fingerprint density at radius 1 is 1.41 bits per heavy atom. The van der Waals surface area contributed by atoms with Crippen LogP contribution in [0.25, 0.3) is 0 Å². The summed E-state index contributed by atoms with van der Waals surface area (Å²) in [5.41, 5.74) is 3.13. The number of aliphatic imine (C=N–C) groups is 1. The first-order valence-corrected chi connectivity index (χ1v) is 5.78. The molecule has 0 saturated heterocycles. The Morgan fingerprint density at radius 2 is 2.06 bits per heavy atom. The van der Waals surface area contributed by atoms with Gasteiger partial charge in [0.15, 0.2) is 0 Å². The predicted molar refractivity (Wildman–Crippen MR) is 70.4 cm³/mol. The third-order valence-electron chi connectivity index (χ3n) is 2.46. The third-order valence-corrected chi connectivity index (χ3v) is 2.46. The van der Waals surface area contributed by atoms with Gasteiger partial charge in [0.2, 0.25) is 0 Å². The molecule has 1 aromatic carbocycles. The van der Waals surface area contributed by atoms with Crippen LogP contribution in [-0.4, -0.2) is 16.8 Å². The molecule has 0 atom stereocenters. The fraction of sp³-hybridized carbons (Fsp3) is 0.429. The molecular formula is C14H19NO2. The minimum absolute atomic E-state index is 0.308. The number of benzene rings is 1. The molecule has 0 unspecified atom stereocenters. The molecule has 0 saturated carbocycles. The van der Waals surface area contributed by atoms with E-state index in [0.717, 1.165) is 23.4 Å². The van der Waals surface area contributed by atoms with Crippen LogP contribution in [0.15, 0.2) is 23.2 Å². The van der Waals surface area contributed by atoms with E-state index in [-0.39, 0.29) is 0 Å². The monoisotopic (exact) mass is 233 g/mol. The van der Waals surface area contributed by atoms with Crippen molar-refractivity contribution in [3.8, 4) is 0 Å². The quantitative estimate of drug-likeness (QED) is 0.803. The molecule has 92 valence electrons. The number of nitrogens with zero attached hydrogens (tertiary/aromatic N) is 1. The Kier molecular flexibility index (Phi) is 4.44. The highest BCUT2D eigenvalue weighted by Gasteiger charge is 2.05. The molecule has 1 aromatic rings. The zero-order valence-electron chi connectivity index (χ0n) is 10.8. The van der Waals surface area contributed by atoms with Gasteiger partial charge < -0.3 is 5.11 Å². The number of hydrogen-bond donors (Lipinski definition) is 1. The summed E-state index contributed by atoms with van der Waals surface area (Å²) in [4.78, 5) is 15.3. The standard InChI is InChI=1S/C14H19NO2/c1-9(2)7-11(4)15-13-6-5-12(14(16)17)8-10(13)3/h5-6,8-9H,7H2,1-4H3,(H,16,17). The largest absolute Gasteiger partial charge is 0.478 e. The molecule has 17 heavy (non-hydrogen) atoms. The van der Waals surface area contributed by atoms with Gasteiger partial charge in [-0.25, -0.2) is 4.79 Å². The third kappa shape index (κ3) is 4.02. The van der Waals surface area contributed by atoms with Gasteiger partial charge in [-0.15, -0.1) is 0 Å². The average Bonchev–Trinajstić information content (AvgIpc) is 2.19. The van der Waals surface area contributed by atoms with Crippen molar-refractivity contribution in [3.05, 3.63) is 29.3 Å². The van der Waals surface area contributed by atoms with Crippen molar-refractivity contribution in [2.45, 2.75) is 34.1 Å². The molecule has 0 aliphatic carbocycles. The van der Waals surface area contributed by atoms with E-state index in [9.17, 15) is 4.79 Å². The molecular weight excluding hydrogens is 214 g/mol. The summed E-state index contributed by atoms with van der Waals surface area (Å²) in [7, 11) is 0. The molecule has 0 bridgehead atoms. The molecule has 0 aliphatic rings. The van der Waals surface area contributed by atoms with Crippen molar-refractivity contribution in [1.29, 1.82) is 0 Å². The molecule has 0 aliphatic heterocycles. The van der Waals surface area contributed by atoms with Crippen LogP contribution >= 0.6 is 0 Å². The molecule has 0 heterocycles. The predicted octanol–water partition coefficient (Wildman–Crippen LogP) is 3.83. The van der Waals surface area contributed by atoms with E-state index >= 15 is 0 Å². The van der Waals surface area contributed by atoms with Gasteiger partial charge in [-0.2, -0.15) is 0 Å². The van der Waals surface area contributed by atoms with Crippen molar-refractivity contribution in [1.82, 2.24) is 0 Å². The lowest BCUT2D eigenvalue weighted by Gasteiger charge is -2.06. The van der Waals surface area contributed by atoms with Crippen molar-refractivity contribution < 1.29 is 9.90 Å². The van der Waals surface area contributed by atoms with E-state index in [1.165, 1.54) is 0 Å². The van der Waals surface area contributed by atoms with Crippen molar-refractivity contribution >= 4 is 17.4 Å². The number of carbonyl (C=O) groups is 1. The summed E-state index contributed by atoms with van der Waals surface area (Å²) in [6.45, 7) is 8.19. The van der Waals surface area contributed by atoms with Crippen LogP contribution in [0.5, 0.6) is 0 Å². The molecule has 3 heteroatoms. The fourth-order valence-electron chi connectivity index (χ4n) is 1.76. The lowest BCUT2D eigenvalue weighted by Crippen LogP contribution is -1.99. The fourth-order valence-corrected chi connectivity index (χ4v) is 1.76. The molecule has 0 fully saturated rings. The summed E-state index contributed by atoms with van der Waals surface area (Å²) in [6, 6.07) is 5.02. The van der Waals surface area contributed by atoms with E-state index in [1.54, 1.807) is 18.2 Å². The second-order valence-corrected chi connectivity index (χ2v) is 4.75. The lowest BCUT2D eigenvalue weighted by atomic mass is 10.1. The molecule has 1 N–H and O–H groups in total. The van der Waals surface area contributed by atoms with Gasteiger partial charge in [0.05, 0.1) is 11.3 Å². The van der Waals surface area contributed by atoms with Gasteiger partial charge in [-0.1, -0.05) is 13.8 Å². The SMILES string of the molecule is CC(CC(C)C)=Nc1ccc(C(=O)O)cc1C. The van der Waals surface area contributed by atoms with E-state index in [4.69, 9.17) is 5.11 Å². The van der Waals surface area contributed by atoms with Gasteiger partial charge in [-0.3, -0.25) is 4.99 Å². The van der Waals surface area contributed by atoms with Crippen LogP contribution in [0.4, 0.5) is 5.69 Å². The first-order valence-electron chi connectivity index (χ1n) is 5.78. The number of aromatic carboxylic acids is 1. The first-order chi connectivity index (χ1) is 7.90. The van der Waals surface area contributed by atoms with Crippen molar-refractivity contribution in [3.63, 3.8) is 0 Å². The number of hydrogen-bond acceptors (Lipinski definition) is 2. The zero-order chi connectivity index (χ0) is 13.0. The maximum Gasteiger partial charge on any atom is 0.335 e. The Hall–Kier alpha value is -1.64. The Bertz CT molecular complexity index is 448. The molecule has 3 nitrogen and oxygen atoms in total. The Morgan fingerprint density at radius 3 is 2.53 bits per heavy atom. The number of rotatable bonds is 4. The van der Waals surface area contributed by atoms with Crippen molar-refractivity contribution in [2.24, 2.45) is 10.9 Å². The normalized spacial score (nSPS) is 11.9. The highest BCUT2D eigenvalue weighted by Crippen LogP contribution is 2.21. The minimum Gasteiger partial charge on any atom is -0.478 e. The Labute approximate surface area is 102 Å². The highest BCUT2D eigenvalue weighted by molar-refractivity contribution is 5.89. The van der Waals surface area contributed by atoms with E-state index in [2.05, 4.69) is 18.8 Å². The van der Waals surface area contributed by atoms with Crippen LogP contribution in [0.3, 0.4) is 0 Å². The smallest absolute Gasteiger partial charge is 0.335 e. The molecule has 0 radical (unpaired) electrons. The molecule has 0 spiro atoms. The first kappa shape index (κ1) is 13.4. The minimum atomic E-state index is -0.900. The maximum atomic E-state index is 10.8. The number of carboxylic acid groups (broad SMARTS) is 1. The average molecular weight is 233 g/mol. The molecule has 1 rings (SSSR count). The van der Waals surface area contributed by atoms with Crippen LogP contribution in [-0.2, 0) is 0 Å². The molecule has 0 aromatic heterocycles. The summed E-state index contributed by atoms with van der Waals surface area (Å²) in [6.07, 6.45) is 0.958. The second-order valence-electron chi connectivity index (χ2n) is 4.75. The van der Waals surface area contributed by atoms with Crippen LogP contribution in [0.1, 0.15) is 43.1 Å². The van der Waals surface area contributed by atoms with Gasteiger partial charge in [-0.05, 0) is 49.9 Å². The van der Waals surface area contributed by atoms with Crippen LogP contribution in [0.2, 0.25) is 0 Å². The topological polar surface area (TPSA) is 49.7 Å².